The number of rotatable bonds is 8. The lowest BCUT2D eigenvalue weighted by Crippen LogP contribution is -2.30. The molecular weight excluding hydrogens is 462 g/mol. The van der Waals surface area contributed by atoms with Gasteiger partial charge in [-0.05, 0) is 60.5 Å². The number of anilines is 1. The van der Waals surface area contributed by atoms with Crippen molar-refractivity contribution >= 4 is 56.0 Å². The normalized spacial score (nSPS) is 11.0. The molecule has 0 atom stereocenters. The highest BCUT2D eigenvalue weighted by molar-refractivity contribution is 7.99. The minimum absolute atomic E-state index is 0.0238. The van der Waals surface area contributed by atoms with Crippen LogP contribution in [0.4, 0.5) is 5.13 Å². The summed E-state index contributed by atoms with van der Waals surface area (Å²) in [6.45, 7) is 2.44. The molecule has 0 spiro atoms. The van der Waals surface area contributed by atoms with Crippen molar-refractivity contribution in [3.05, 3.63) is 77.1 Å². The summed E-state index contributed by atoms with van der Waals surface area (Å²) in [7, 11) is 1.65. The first kappa shape index (κ1) is 22.6. The lowest BCUT2D eigenvalue weighted by atomic mass is 10.2. The van der Waals surface area contributed by atoms with E-state index >= 15 is 0 Å². The number of amides is 1. The first-order valence-electron chi connectivity index (χ1n) is 10.1. The third-order valence-electron chi connectivity index (χ3n) is 4.95. The van der Waals surface area contributed by atoms with E-state index in [2.05, 4.69) is 4.98 Å². The maximum Gasteiger partial charge on any atom is 0.229 e. The second-order valence-corrected chi connectivity index (χ2v) is 9.70. The van der Waals surface area contributed by atoms with E-state index in [0.29, 0.717) is 28.9 Å². The van der Waals surface area contributed by atoms with Gasteiger partial charge in [0, 0.05) is 29.5 Å². The van der Waals surface area contributed by atoms with Gasteiger partial charge in [0.15, 0.2) is 5.13 Å². The summed E-state index contributed by atoms with van der Waals surface area (Å²) >= 11 is 9.51. The average Bonchev–Trinajstić information content (AvgIpc) is 3.27. The number of benzene rings is 2. The van der Waals surface area contributed by atoms with Crippen LogP contribution < -0.4 is 9.64 Å². The highest BCUT2D eigenvalue weighted by Gasteiger charge is 2.21. The predicted molar refractivity (Wildman–Crippen MR) is 133 cm³/mol. The smallest absolute Gasteiger partial charge is 0.229 e. The molecule has 0 unspecified atom stereocenters. The van der Waals surface area contributed by atoms with Gasteiger partial charge in [0.25, 0.3) is 0 Å². The zero-order valence-electron chi connectivity index (χ0n) is 17.7. The Morgan fingerprint density at radius 1 is 1.12 bits per heavy atom. The SMILES string of the molecule is COc1ccc(SCCC(=O)N(Cc2ccncc2)c2nc3c(C)ccc(Cl)c3s2)cc1. The van der Waals surface area contributed by atoms with Crippen LogP contribution in [0.15, 0.2) is 65.8 Å². The Labute approximate surface area is 200 Å². The third kappa shape index (κ3) is 5.23. The van der Waals surface area contributed by atoms with E-state index in [4.69, 9.17) is 21.3 Å². The van der Waals surface area contributed by atoms with Gasteiger partial charge in [-0.1, -0.05) is 29.0 Å². The number of pyridine rings is 1. The van der Waals surface area contributed by atoms with Crippen molar-refractivity contribution in [1.82, 2.24) is 9.97 Å². The molecule has 8 heteroatoms. The standard InChI is InChI=1S/C24H22ClN3O2S2/c1-16-3-8-20(25)23-22(16)27-24(32-23)28(15-17-9-12-26-13-10-17)21(29)11-14-31-19-6-4-18(30-2)5-7-19/h3-10,12-13H,11,14-15H2,1-2H3. The molecule has 2 heterocycles. The van der Waals surface area contributed by atoms with Gasteiger partial charge >= 0.3 is 0 Å². The third-order valence-corrected chi connectivity index (χ3v) is 7.50. The first-order chi connectivity index (χ1) is 15.5. The molecule has 2 aromatic carbocycles. The molecule has 0 aliphatic carbocycles. The maximum atomic E-state index is 13.3. The molecule has 4 rings (SSSR count). The molecule has 32 heavy (non-hydrogen) atoms. The van der Waals surface area contributed by atoms with Crippen LogP contribution in [0.3, 0.4) is 0 Å². The number of carbonyl (C=O) groups is 1. The van der Waals surface area contributed by atoms with Gasteiger partial charge in [-0.15, -0.1) is 11.8 Å². The number of thiazole rings is 1. The molecule has 5 nitrogen and oxygen atoms in total. The summed E-state index contributed by atoms with van der Waals surface area (Å²) in [5, 5.41) is 1.31. The van der Waals surface area contributed by atoms with Crippen molar-refractivity contribution in [3.8, 4) is 5.75 Å². The van der Waals surface area contributed by atoms with Crippen LogP contribution in [-0.2, 0) is 11.3 Å². The molecule has 0 saturated carbocycles. The van der Waals surface area contributed by atoms with Crippen molar-refractivity contribution in [2.45, 2.75) is 24.8 Å². The van der Waals surface area contributed by atoms with E-state index in [-0.39, 0.29) is 5.91 Å². The number of nitrogens with zero attached hydrogens (tertiary/aromatic N) is 3. The molecule has 0 aliphatic heterocycles. The maximum absolute atomic E-state index is 13.3. The van der Waals surface area contributed by atoms with E-state index in [0.717, 1.165) is 32.0 Å². The topological polar surface area (TPSA) is 55.3 Å². The van der Waals surface area contributed by atoms with E-state index < -0.39 is 0 Å². The van der Waals surface area contributed by atoms with Gasteiger partial charge in [-0.25, -0.2) is 4.98 Å². The fourth-order valence-corrected chi connectivity index (χ4v) is 5.38. The highest BCUT2D eigenvalue weighted by atomic mass is 35.5. The molecule has 0 saturated heterocycles. The second-order valence-electron chi connectivity index (χ2n) is 7.15. The number of ether oxygens (including phenoxy) is 1. The van der Waals surface area contributed by atoms with Crippen LogP contribution in [0.25, 0.3) is 10.2 Å². The summed E-state index contributed by atoms with van der Waals surface area (Å²) < 4.78 is 6.11. The Morgan fingerprint density at radius 2 is 1.88 bits per heavy atom. The molecule has 0 aliphatic rings. The Morgan fingerprint density at radius 3 is 2.56 bits per heavy atom. The largest absolute Gasteiger partial charge is 0.497 e. The van der Waals surface area contributed by atoms with Gasteiger partial charge in [0.1, 0.15) is 5.75 Å². The van der Waals surface area contributed by atoms with Crippen LogP contribution >= 0.6 is 34.7 Å². The minimum Gasteiger partial charge on any atom is -0.497 e. The van der Waals surface area contributed by atoms with Crippen molar-refractivity contribution in [1.29, 1.82) is 0 Å². The average molecular weight is 484 g/mol. The van der Waals surface area contributed by atoms with E-state index in [1.807, 2.05) is 55.5 Å². The van der Waals surface area contributed by atoms with Crippen LogP contribution in [0.1, 0.15) is 17.5 Å². The van der Waals surface area contributed by atoms with Gasteiger partial charge in [-0.3, -0.25) is 14.7 Å². The second kappa shape index (κ2) is 10.3. The molecule has 0 fully saturated rings. The molecule has 0 radical (unpaired) electrons. The number of methoxy groups -OCH3 is 1. The number of hydrogen-bond donors (Lipinski definition) is 0. The predicted octanol–water partition coefficient (Wildman–Crippen LogP) is 6.38. The summed E-state index contributed by atoms with van der Waals surface area (Å²) in [5.41, 5.74) is 2.88. The fourth-order valence-electron chi connectivity index (χ4n) is 3.20. The number of hydrogen-bond acceptors (Lipinski definition) is 6. The number of aromatic nitrogens is 2. The van der Waals surface area contributed by atoms with Gasteiger partial charge in [0.05, 0.1) is 28.9 Å². The molecule has 0 bridgehead atoms. The molecule has 164 valence electrons. The lowest BCUT2D eigenvalue weighted by molar-refractivity contribution is -0.118. The zero-order valence-corrected chi connectivity index (χ0v) is 20.1. The van der Waals surface area contributed by atoms with E-state index in [1.54, 1.807) is 36.2 Å². The Kier molecular flexibility index (Phi) is 7.29. The number of fused-ring (bicyclic) bond motifs is 1. The van der Waals surface area contributed by atoms with Crippen molar-refractivity contribution in [3.63, 3.8) is 0 Å². The molecule has 4 aromatic rings. The van der Waals surface area contributed by atoms with Crippen molar-refractivity contribution in [2.75, 3.05) is 17.8 Å². The molecular formula is C24H22ClN3O2S2. The molecule has 2 aromatic heterocycles. The number of thioether (sulfide) groups is 1. The Balaban J connectivity index is 1.54. The highest BCUT2D eigenvalue weighted by Crippen LogP contribution is 2.36. The van der Waals surface area contributed by atoms with Crippen LogP contribution in [0.2, 0.25) is 5.02 Å². The van der Waals surface area contributed by atoms with E-state index in [9.17, 15) is 4.79 Å². The summed E-state index contributed by atoms with van der Waals surface area (Å²) in [6.07, 6.45) is 3.86. The van der Waals surface area contributed by atoms with Gasteiger partial charge < -0.3 is 4.74 Å². The number of carbonyl (C=O) groups excluding carboxylic acids is 1. The summed E-state index contributed by atoms with van der Waals surface area (Å²) in [4.78, 5) is 25.0. The fraction of sp³-hybridized carbons (Fsp3) is 0.208. The number of halogens is 1. The Bertz CT molecular complexity index is 1170. The number of aryl methyl sites for hydroxylation is 1. The lowest BCUT2D eigenvalue weighted by Gasteiger charge is -2.20. The van der Waals surface area contributed by atoms with Gasteiger partial charge in [0.2, 0.25) is 5.91 Å². The van der Waals surface area contributed by atoms with E-state index in [1.165, 1.54) is 11.3 Å². The molecule has 0 N–H and O–H groups in total. The van der Waals surface area contributed by atoms with Crippen LogP contribution in [-0.4, -0.2) is 28.7 Å². The van der Waals surface area contributed by atoms with Gasteiger partial charge in [-0.2, -0.15) is 0 Å². The Hall–Kier alpha value is -2.61. The van der Waals surface area contributed by atoms with Crippen molar-refractivity contribution < 1.29 is 9.53 Å². The molecule has 1 amide bonds. The zero-order chi connectivity index (χ0) is 22.5. The summed E-state index contributed by atoms with van der Waals surface area (Å²) in [5.74, 6) is 1.51. The minimum atomic E-state index is 0.0238. The van der Waals surface area contributed by atoms with Crippen LogP contribution in [0.5, 0.6) is 5.75 Å². The van der Waals surface area contributed by atoms with Crippen LogP contribution in [0, 0.1) is 6.92 Å². The quantitative estimate of drug-likeness (QED) is 0.272. The van der Waals surface area contributed by atoms with Crippen molar-refractivity contribution in [2.24, 2.45) is 0 Å². The first-order valence-corrected chi connectivity index (χ1v) is 12.2. The monoisotopic (exact) mass is 483 g/mol. The summed E-state index contributed by atoms with van der Waals surface area (Å²) in [6, 6.07) is 15.5.